The minimum atomic E-state index is -0.246. The molecule has 100 valence electrons. The Morgan fingerprint density at radius 3 is 2.61 bits per heavy atom. The number of carbonyl (C=O) groups excluding carboxylic acids is 2. The van der Waals surface area contributed by atoms with Gasteiger partial charge in [0.1, 0.15) is 10.7 Å². The number of amides is 2. The molecule has 18 heavy (non-hydrogen) atoms. The van der Waals surface area contributed by atoms with E-state index < -0.39 is 0 Å². The van der Waals surface area contributed by atoms with Crippen molar-refractivity contribution in [1.29, 1.82) is 0 Å². The number of carbonyl (C=O) groups is 2. The summed E-state index contributed by atoms with van der Waals surface area (Å²) < 4.78 is 0. The fourth-order valence-corrected chi connectivity index (χ4v) is 1.82. The first-order chi connectivity index (χ1) is 8.54. The maximum absolute atomic E-state index is 11.6. The van der Waals surface area contributed by atoms with Crippen molar-refractivity contribution in [2.24, 2.45) is 11.7 Å². The van der Waals surface area contributed by atoms with E-state index in [9.17, 15) is 9.59 Å². The van der Waals surface area contributed by atoms with Gasteiger partial charge < -0.3 is 16.4 Å². The molecule has 0 aliphatic heterocycles. The van der Waals surface area contributed by atoms with E-state index in [0.717, 1.165) is 5.01 Å². The first-order valence-corrected chi connectivity index (χ1v) is 6.63. The summed E-state index contributed by atoms with van der Waals surface area (Å²) in [6.45, 7) is 4.76. The smallest absolute Gasteiger partial charge is 0.270 e. The third kappa shape index (κ3) is 4.42. The Morgan fingerprint density at radius 1 is 1.39 bits per heavy atom. The van der Waals surface area contributed by atoms with Crippen LogP contribution in [0.3, 0.4) is 0 Å². The zero-order valence-corrected chi connectivity index (χ0v) is 11.3. The second-order valence-electron chi connectivity index (χ2n) is 4.03. The number of nitrogens with one attached hydrogen (secondary N) is 2. The van der Waals surface area contributed by atoms with Gasteiger partial charge in [-0.05, 0) is 0 Å². The van der Waals surface area contributed by atoms with E-state index in [2.05, 4.69) is 15.6 Å². The summed E-state index contributed by atoms with van der Waals surface area (Å²) in [5.74, 6) is -0.320. The van der Waals surface area contributed by atoms with Crippen LogP contribution in [0.2, 0.25) is 0 Å². The number of hydrogen-bond acceptors (Lipinski definition) is 5. The SMILES string of the molecule is CC(C)C(=O)NCCNC(=O)c1csc(CN)n1. The Labute approximate surface area is 110 Å². The van der Waals surface area contributed by atoms with Gasteiger partial charge in [-0.25, -0.2) is 4.98 Å². The van der Waals surface area contributed by atoms with E-state index in [1.165, 1.54) is 11.3 Å². The van der Waals surface area contributed by atoms with Gasteiger partial charge in [0.15, 0.2) is 0 Å². The molecule has 1 aromatic heterocycles. The van der Waals surface area contributed by atoms with Crippen LogP contribution in [0.1, 0.15) is 29.3 Å². The van der Waals surface area contributed by atoms with Crippen LogP contribution in [0.5, 0.6) is 0 Å². The lowest BCUT2D eigenvalue weighted by Crippen LogP contribution is -2.36. The predicted octanol–water partition coefficient (Wildman–Crippen LogP) is 0.104. The van der Waals surface area contributed by atoms with E-state index in [-0.39, 0.29) is 17.7 Å². The highest BCUT2D eigenvalue weighted by Gasteiger charge is 2.10. The van der Waals surface area contributed by atoms with Crippen LogP contribution >= 0.6 is 11.3 Å². The minimum Gasteiger partial charge on any atom is -0.354 e. The van der Waals surface area contributed by atoms with Crippen LogP contribution in [0.4, 0.5) is 0 Å². The van der Waals surface area contributed by atoms with Gasteiger partial charge in [0.25, 0.3) is 5.91 Å². The fourth-order valence-electron chi connectivity index (χ4n) is 1.17. The first kappa shape index (κ1) is 14.6. The van der Waals surface area contributed by atoms with Crippen LogP contribution < -0.4 is 16.4 Å². The molecule has 0 radical (unpaired) electrons. The third-order valence-corrected chi connectivity index (χ3v) is 3.06. The summed E-state index contributed by atoms with van der Waals surface area (Å²) in [6.07, 6.45) is 0. The van der Waals surface area contributed by atoms with E-state index >= 15 is 0 Å². The summed E-state index contributed by atoms with van der Waals surface area (Å²) in [5.41, 5.74) is 5.79. The molecule has 4 N–H and O–H groups in total. The number of hydrogen-bond donors (Lipinski definition) is 3. The van der Waals surface area contributed by atoms with Crippen LogP contribution in [0.25, 0.3) is 0 Å². The van der Waals surface area contributed by atoms with E-state index in [0.29, 0.717) is 25.3 Å². The highest BCUT2D eigenvalue weighted by Crippen LogP contribution is 2.08. The second kappa shape index (κ2) is 7.07. The van der Waals surface area contributed by atoms with E-state index in [1.54, 1.807) is 5.38 Å². The Hall–Kier alpha value is -1.47. The average Bonchev–Trinajstić information content (AvgIpc) is 2.82. The highest BCUT2D eigenvalue weighted by molar-refractivity contribution is 7.09. The monoisotopic (exact) mass is 270 g/mol. The molecule has 1 rings (SSSR count). The fraction of sp³-hybridized carbons (Fsp3) is 0.545. The van der Waals surface area contributed by atoms with E-state index in [1.807, 2.05) is 13.8 Å². The molecule has 0 saturated heterocycles. The van der Waals surface area contributed by atoms with E-state index in [4.69, 9.17) is 5.73 Å². The molecule has 2 amide bonds. The van der Waals surface area contributed by atoms with Crippen molar-refractivity contribution in [3.05, 3.63) is 16.1 Å². The molecule has 7 heteroatoms. The Morgan fingerprint density at radius 2 is 2.06 bits per heavy atom. The van der Waals surface area contributed by atoms with Gasteiger partial charge in [-0.3, -0.25) is 9.59 Å². The lowest BCUT2D eigenvalue weighted by molar-refractivity contribution is -0.123. The number of rotatable bonds is 6. The normalized spacial score (nSPS) is 10.4. The second-order valence-corrected chi connectivity index (χ2v) is 4.97. The molecule has 0 atom stereocenters. The maximum atomic E-state index is 11.6. The Bertz CT molecular complexity index is 417. The zero-order valence-electron chi connectivity index (χ0n) is 10.5. The van der Waals surface area contributed by atoms with Gasteiger partial charge in [-0.2, -0.15) is 0 Å². The molecule has 0 aliphatic carbocycles. The largest absolute Gasteiger partial charge is 0.354 e. The zero-order chi connectivity index (χ0) is 13.5. The maximum Gasteiger partial charge on any atom is 0.270 e. The molecule has 0 bridgehead atoms. The van der Waals surface area contributed by atoms with Crippen molar-refractivity contribution in [3.8, 4) is 0 Å². The third-order valence-electron chi connectivity index (χ3n) is 2.19. The van der Waals surface area contributed by atoms with Gasteiger partial charge >= 0.3 is 0 Å². The summed E-state index contributed by atoms with van der Waals surface area (Å²) >= 11 is 1.36. The molecule has 0 spiro atoms. The summed E-state index contributed by atoms with van der Waals surface area (Å²) in [7, 11) is 0. The van der Waals surface area contributed by atoms with Crippen LogP contribution in [0.15, 0.2) is 5.38 Å². The quantitative estimate of drug-likeness (QED) is 0.639. The summed E-state index contributed by atoms with van der Waals surface area (Å²) in [6, 6.07) is 0. The summed E-state index contributed by atoms with van der Waals surface area (Å²) in [5, 5.41) is 7.79. The van der Waals surface area contributed by atoms with Crippen molar-refractivity contribution in [2.45, 2.75) is 20.4 Å². The molecule has 0 unspecified atom stereocenters. The predicted molar refractivity (Wildman–Crippen MR) is 70.2 cm³/mol. The lowest BCUT2D eigenvalue weighted by atomic mass is 10.2. The van der Waals surface area contributed by atoms with Gasteiger partial charge in [0.05, 0.1) is 0 Å². The van der Waals surface area contributed by atoms with Gasteiger partial charge in [-0.1, -0.05) is 13.8 Å². The van der Waals surface area contributed by atoms with Crippen molar-refractivity contribution in [1.82, 2.24) is 15.6 Å². The molecule has 0 fully saturated rings. The molecule has 0 aliphatic rings. The number of nitrogens with zero attached hydrogens (tertiary/aromatic N) is 1. The van der Waals surface area contributed by atoms with Crippen molar-refractivity contribution >= 4 is 23.2 Å². The molecule has 6 nitrogen and oxygen atoms in total. The molecular weight excluding hydrogens is 252 g/mol. The van der Waals surface area contributed by atoms with Crippen molar-refractivity contribution < 1.29 is 9.59 Å². The van der Waals surface area contributed by atoms with Gasteiger partial charge in [0.2, 0.25) is 5.91 Å². The Kier molecular flexibility index (Phi) is 5.73. The van der Waals surface area contributed by atoms with Gasteiger partial charge in [0, 0.05) is 30.9 Å². The molecule has 0 aromatic carbocycles. The average molecular weight is 270 g/mol. The molecule has 1 aromatic rings. The topological polar surface area (TPSA) is 97.1 Å². The Balaban J connectivity index is 2.27. The minimum absolute atomic E-state index is 0.0247. The molecule has 1 heterocycles. The number of thiazole rings is 1. The van der Waals surface area contributed by atoms with Crippen molar-refractivity contribution in [3.63, 3.8) is 0 Å². The first-order valence-electron chi connectivity index (χ1n) is 5.75. The van der Waals surface area contributed by atoms with Crippen molar-refractivity contribution in [2.75, 3.05) is 13.1 Å². The molecule has 0 saturated carbocycles. The highest BCUT2D eigenvalue weighted by atomic mass is 32.1. The standard InChI is InChI=1S/C11H18N4O2S/c1-7(2)10(16)13-3-4-14-11(17)8-6-18-9(5-12)15-8/h6-7H,3-5,12H2,1-2H3,(H,13,16)(H,14,17). The van der Waals surface area contributed by atoms with Crippen LogP contribution in [-0.4, -0.2) is 29.9 Å². The van der Waals surface area contributed by atoms with Crippen LogP contribution in [-0.2, 0) is 11.3 Å². The lowest BCUT2D eigenvalue weighted by Gasteiger charge is -2.07. The number of nitrogens with two attached hydrogens (primary N) is 1. The van der Waals surface area contributed by atoms with Gasteiger partial charge in [-0.15, -0.1) is 11.3 Å². The summed E-state index contributed by atoms with van der Waals surface area (Å²) in [4.78, 5) is 26.9. The number of aromatic nitrogens is 1. The molecular formula is C11H18N4O2S. The van der Waals surface area contributed by atoms with Crippen LogP contribution in [0, 0.1) is 5.92 Å².